The molecule has 26 heavy (non-hydrogen) atoms. The monoisotopic (exact) mass is 375 g/mol. The summed E-state index contributed by atoms with van der Waals surface area (Å²) in [6.45, 7) is 3.30. The Balaban J connectivity index is 2.04. The Morgan fingerprint density at radius 3 is 2.15 bits per heavy atom. The Hall–Kier alpha value is -2.38. The SMILES string of the molecule is CCc1ccc(NS(=O)(=O)c2ccc(C(=O)NCCN(C)C)cc2)cc1. The second kappa shape index (κ2) is 8.82. The van der Waals surface area contributed by atoms with E-state index in [0.717, 1.165) is 18.5 Å². The first-order chi connectivity index (χ1) is 12.3. The third kappa shape index (κ3) is 5.57. The molecule has 2 aromatic carbocycles. The zero-order chi connectivity index (χ0) is 19.2. The molecule has 0 bridgehead atoms. The lowest BCUT2D eigenvalue weighted by molar-refractivity contribution is 0.0951. The number of nitrogens with one attached hydrogen (secondary N) is 2. The van der Waals surface area contributed by atoms with Crippen molar-refractivity contribution in [2.45, 2.75) is 18.2 Å². The Bertz CT molecular complexity index is 829. The zero-order valence-electron chi connectivity index (χ0n) is 15.3. The van der Waals surface area contributed by atoms with E-state index in [2.05, 4.69) is 10.0 Å². The van der Waals surface area contributed by atoms with Gasteiger partial charge in [0.15, 0.2) is 0 Å². The molecule has 2 N–H and O–H groups in total. The number of carbonyl (C=O) groups excluding carboxylic acids is 1. The predicted octanol–water partition coefficient (Wildman–Crippen LogP) is 2.34. The van der Waals surface area contributed by atoms with E-state index >= 15 is 0 Å². The van der Waals surface area contributed by atoms with Gasteiger partial charge in [-0.1, -0.05) is 19.1 Å². The van der Waals surface area contributed by atoms with Crippen LogP contribution >= 0.6 is 0 Å². The van der Waals surface area contributed by atoms with Crippen molar-refractivity contribution in [1.29, 1.82) is 0 Å². The van der Waals surface area contributed by atoms with E-state index in [1.54, 1.807) is 12.1 Å². The number of likely N-dealkylation sites (N-methyl/N-ethyl adjacent to an activating group) is 1. The van der Waals surface area contributed by atoms with Gasteiger partial charge in [-0.3, -0.25) is 9.52 Å². The van der Waals surface area contributed by atoms with Crippen molar-refractivity contribution in [2.75, 3.05) is 31.9 Å². The van der Waals surface area contributed by atoms with Crippen LogP contribution in [0.5, 0.6) is 0 Å². The van der Waals surface area contributed by atoms with Crippen molar-refractivity contribution in [2.24, 2.45) is 0 Å². The minimum absolute atomic E-state index is 0.113. The highest BCUT2D eigenvalue weighted by molar-refractivity contribution is 7.92. The largest absolute Gasteiger partial charge is 0.351 e. The fourth-order valence-electron chi connectivity index (χ4n) is 2.30. The maximum atomic E-state index is 12.5. The molecule has 2 rings (SSSR count). The molecule has 7 heteroatoms. The number of anilines is 1. The lowest BCUT2D eigenvalue weighted by atomic mass is 10.2. The van der Waals surface area contributed by atoms with Crippen molar-refractivity contribution >= 4 is 21.6 Å². The summed E-state index contributed by atoms with van der Waals surface area (Å²) in [7, 11) is 0.158. The molecule has 0 aromatic heterocycles. The van der Waals surface area contributed by atoms with E-state index < -0.39 is 10.0 Å². The van der Waals surface area contributed by atoms with Crippen LogP contribution in [0.2, 0.25) is 0 Å². The van der Waals surface area contributed by atoms with Crippen molar-refractivity contribution in [3.8, 4) is 0 Å². The third-order valence-corrected chi connectivity index (χ3v) is 5.28. The van der Waals surface area contributed by atoms with E-state index in [-0.39, 0.29) is 10.8 Å². The van der Waals surface area contributed by atoms with Gasteiger partial charge in [0, 0.05) is 24.3 Å². The van der Waals surface area contributed by atoms with Gasteiger partial charge < -0.3 is 10.2 Å². The van der Waals surface area contributed by atoms with Gasteiger partial charge in [-0.15, -0.1) is 0 Å². The molecule has 2 aromatic rings. The third-order valence-electron chi connectivity index (χ3n) is 3.89. The smallest absolute Gasteiger partial charge is 0.261 e. The lowest BCUT2D eigenvalue weighted by Gasteiger charge is -2.11. The van der Waals surface area contributed by atoms with E-state index in [9.17, 15) is 13.2 Å². The molecule has 6 nitrogen and oxygen atoms in total. The average Bonchev–Trinajstić information content (AvgIpc) is 2.62. The van der Waals surface area contributed by atoms with Gasteiger partial charge in [-0.2, -0.15) is 0 Å². The van der Waals surface area contributed by atoms with Crippen LogP contribution < -0.4 is 10.0 Å². The minimum atomic E-state index is -3.69. The summed E-state index contributed by atoms with van der Waals surface area (Å²) in [5.74, 6) is -0.223. The second-order valence-electron chi connectivity index (χ2n) is 6.24. The van der Waals surface area contributed by atoms with E-state index in [1.165, 1.54) is 24.3 Å². The molecule has 1 amide bonds. The summed E-state index contributed by atoms with van der Waals surface area (Å²) >= 11 is 0. The number of hydrogen-bond donors (Lipinski definition) is 2. The molecule has 0 fully saturated rings. The number of aryl methyl sites for hydroxylation is 1. The van der Waals surface area contributed by atoms with Crippen LogP contribution in [0.1, 0.15) is 22.8 Å². The molecule has 0 heterocycles. The normalized spacial score (nSPS) is 11.4. The molecular formula is C19H25N3O3S. The predicted molar refractivity (Wildman–Crippen MR) is 104 cm³/mol. The minimum Gasteiger partial charge on any atom is -0.351 e. The number of carbonyl (C=O) groups is 1. The number of hydrogen-bond acceptors (Lipinski definition) is 4. The van der Waals surface area contributed by atoms with Gasteiger partial charge in [-0.05, 0) is 62.5 Å². The standard InChI is InChI=1S/C19H25N3O3S/c1-4-15-5-9-17(10-6-15)21-26(24,25)18-11-7-16(8-12-18)19(23)20-13-14-22(2)3/h5-12,21H,4,13-14H2,1-3H3,(H,20,23). The first-order valence-corrected chi connectivity index (χ1v) is 9.95. The zero-order valence-corrected chi connectivity index (χ0v) is 16.1. The summed E-state index contributed by atoms with van der Waals surface area (Å²) in [6, 6.07) is 13.1. The van der Waals surface area contributed by atoms with Crippen molar-refractivity contribution < 1.29 is 13.2 Å². The van der Waals surface area contributed by atoms with E-state index in [4.69, 9.17) is 0 Å². The van der Waals surface area contributed by atoms with Crippen LogP contribution in [-0.2, 0) is 16.4 Å². The number of benzene rings is 2. The van der Waals surface area contributed by atoms with Gasteiger partial charge in [0.25, 0.3) is 15.9 Å². The summed E-state index contributed by atoms with van der Waals surface area (Å²) in [5.41, 5.74) is 2.07. The second-order valence-corrected chi connectivity index (χ2v) is 7.92. The van der Waals surface area contributed by atoms with Crippen LogP contribution in [0.4, 0.5) is 5.69 Å². The van der Waals surface area contributed by atoms with Gasteiger partial charge >= 0.3 is 0 Å². The maximum Gasteiger partial charge on any atom is 0.261 e. The highest BCUT2D eigenvalue weighted by Crippen LogP contribution is 2.17. The van der Waals surface area contributed by atoms with Crippen LogP contribution in [0.25, 0.3) is 0 Å². The Morgan fingerprint density at radius 2 is 1.62 bits per heavy atom. The maximum absolute atomic E-state index is 12.5. The van der Waals surface area contributed by atoms with Crippen LogP contribution in [0, 0.1) is 0 Å². The van der Waals surface area contributed by atoms with Crippen molar-refractivity contribution in [3.05, 3.63) is 59.7 Å². The Kier molecular flexibility index (Phi) is 6.76. The van der Waals surface area contributed by atoms with Gasteiger partial charge in [-0.25, -0.2) is 8.42 Å². The summed E-state index contributed by atoms with van der Waals surface area (Å²) in [6.07, 6.45) is 0.894. The quantitative estimate of drug-likeness (QED) is 0.742. The van der Waals surface area contributed by atoms with E-state index in [1.807, 2.05) is 38.1 Å². The van der Waals surface area contributed by atoms with Crippen LogP contribution in [0.15, 0.2) is 53.4 Å². The van der Waals surface area contributed by atoms with Crippen LogP contribution in [-0.4, -0.2) is 46.4 Å². The van der Waals surface area contributed by atoms with Gasteiger partial charge in [0.2, 0.25) is 0 Å². The lowest BCUT2D eigenvalue weighted by Crippen LogP contribution is -2.31. The fourth-order valence-corrected chi connectivity index (χ4v) is 3.36. The Morgan fingerprint density at radius 1 is 1.00 bits per heavy atom. The van der Waals surface area contributed by atoms with Crippen molar-refractivity contribution in [3.63, 3.8) is 0 Å². The summed E-state index contributed by atoms with van der Waals surface area (Å²) in [5, 5.41) is 2.79. The average molecular weight is 375 g/mol. The molecule has 0 saturated carbocycles. The molecule has 0 saturated heterocycles. The Labute approximate surface area is 155 Å². The molecule has 0 spiro atoms. The number of nitrogens with zero attached hydrogens (tertiary/aromatic N) is 1. The molecule has 0 aliphatic rings. The number of rotatable bonds is 8. The molecule has 0 radical (unpaired) electrons. The molecule has 140 valence electrons. The molecule has 0 aliphatic carbocycles. The number of amides is 1. The first-order valence-electron chi connectivity index (χ1n) is 8.46. The van der Waals surface area contributed by atoms with Gasteiger partial charge in [0.1, 0.15) is 0 Å². The summed E-state index contributed by atoms with van der Waals surface area (Å²) in [4.78, 5) is 14.1. The van der Waals surface area contributed by atoms with E-state index in [0.29, 0.717) is 17.8 Å². The number of sulfonamides is 1. The molecule has 0 atom stereocenters. The highest BCUT2D eigenvalue weighted by Gasteiger charge is 2.15. The van der Waals surface area contributed by atoms with Crippen LogP contribution in [0.3, 0.4) is 0 Å². The first kappa shape index (κ1) is 19.9. The highest BCUT2D eigenvalue weighted by atomic mass is 32.2. The fraction of sp³-hybridized carbons (Fsp3) is 0.316. The summed E-state index contributed by atoms with van der Waals surface area (Å²) < 4.78 is 27.5. The topological polar surface area (TPSA) is 78.5 Å². The molecular weight excluding hydrogens is 350 g/mol. The van der Waals surface area contributed by atoms with Gasteiger partial charge in [0.05, 0.1) is 4.90 Å². The molecule has 0 aliphatic heterocycles. The van der Waals surface area contributed by atoms with Crippen molar-refractivity contribution in [1.82, 2.24) is 10.2 Å². The molecule has 0 unspecified atom stereocenters.